The Morgan fingerprint density at radius 2 is 2.27 bits per heavy atom. The first kappa shape index (κ1) is 16.7. The maximum Gasteiger partial charge on any atom is 0.228 e. The molecule has 0 saturated heterocycles. The van der Waals surface area contributed by atoms with E-state index in [1.807, 2.05) is 17.8 Å². The van der Waals surface area contributed by atoms with Crippen LogP contribution >= 0.6 is 11.8 Å². The van der Waals surface area contributed by atoms with Crippen molar-refractivity contribution in [1.29, 1.82) is 0 Å². The van der Waals surface area contributed by atoms with E-state index >= 15 is 0 Å². The second-order valence-corrected chi connectivity index (χ2v) is 6.39. The minimum atomic E-state index is -0.449. The Morgan fingerprint density at radius 3 is 3.00 bits per heavy atom. The number of hydrogen-bond donors (Lipinski definition) is 2. The minimum absolute atomic E-state index is 0.0959. The Kier molecular flexibility index (Phi) is 6.12. The maximum atomic E-state index is 12.4. The molecular weight excluding hydrogens is 300 g/mol. The average molecular weight is 322 g/mol. The Bertz CT molecular complexity index is 548. The van der Waals surface area contributed by atoms with Gasteiger partial charge in [-0.2, -0.15) is 11.8 Å². The second kappa shape index (κ2) is 8.08. The Labute approximate surface area is 135 Å². The average Bonchev–Trinajstić information content (AvgIpc) is 2.53. The van der Waals surface area contributed by atoms with Gasteiger partial charge in [-0.05, 0) is 35.9 Å². The summed E-state index contributed by atoms with van der Waals surface area (Å²) in [6.07, 6.45) is 1.31. The van der Waals surface area contributed by atoms with E-state index in [1.165, 1.54) is 0 Å². The van der Waals surface area contributed by atoms with Crippen molar-refractivity contribution < 1.29 is 14.3 Å². The summed E-state index contributed by atoms with van der Waals surface area (Å²) in [5, 5.41) is 5.73. The molecule has 1 atom stereocenters. The summed E-state index contributed by atoms with van der Waals surface area (Å²) in [6.45, 7) is 2.76. The molecule has 6 heteroatoms. The van der Waals surface area contributed by atoms with E-state index in [1.54, 1.807) is 19.2 Å². The van der Waals surface area contributed by atoms with Gasteiger partial charge in [0.05, 0.1) is 13.0 Å². The molecule has 2 amide bonds. The van der Waals surface area contributed by atoms with Gasteiger partial charge < -0.3 is 15.4 Å². The lowest BCUT2D eigenvalue weighted by atomic mass is 9.89. The Morgan fingerprint density at radius 1 is 1.45 bits per heavy atom. The number of benzene rings is 1. The number of methoxy groups -OCH3 is 1. The molecule has 120 valence electrons. The minimum Gasteiger partial charge on any atom is -0.497 e. The summed E-state index contributed by atoms with van der Waals surface area (Å²) in [4.78, 5) is 24.2. The van der Waals surface area contributed by atoms with Gasteiger partial charge in [0.1, 0.15) is 5.75 Å². The van der Waals surface area contributed by atoms with Crippen LogP contribution in [0.2, 0.25) is 0 Å². The number of carbonyl (C=O) groups excluding carboxylic acids is 2. The zero-order valence-electron chi connectivity index (χ0n) is 13.0. The van der Waals surface area contributed by atoms with Gasteiger partial charge in [0.2, 0.25) is 11.8 Å². The summed E-state index contributed by atoms with van der Waals surface area (Å²) < 4.78 is 5.21. The largest absolute Gasteiger partial charge is 0.497 e. The predicted molar refractivity (Wildman–Crippen MR) is 89.6 cm³/mol. The van der Waals surface area contributed by atoms with E-state index in [-0.39, 0.29) is 18.2 Å². The number of ether oxygens (including phenoxy) is 1. The second-order valence-electron chi connectivity index (χ2n) is 5.16. The van der Waals surface area contributed by atoms with E-state index in [0.717, 1.165) is 23.5 Å². The molecule has 0 saturated carbocycles. The van der Waals surface area contributed by atoms with Crippen molar-refractivity contribution in [1.82, 2.24) is 5.32 Å². The Balaban J connectivity index is 2.04. The molecule has 0 fully saturated rings. The normalized spacial score (nSPS) is 16.6. The third-order valence-corrected chi connectivity index (χ3v) is 4.70. The van der Waals surface area contributed by atoms with Gasteiger partial charge in [-0.25, -0.2) is 0 Å². The van der Waals surface area contributed by atoms with Crippen LogP contribution in [0.3, 0.4) is 0 Å². The van der Waals surface area contributed by atoms with E-state index in [4.69, 9.17) is 4.74 Å². The number of hydrogen-bond acceptors (Lipinski definition) is 4. The first-order valence-electron chi connectivity index (χ1n) is 7.49. The smallest absolute Gasteiger partial charge is 0.228 e. The zero-order valence-corrected chi connectivity index (χ0v) is 13.8. The summed E-state index contributed by atoms with van der Waals surface area (Å²) >= 11 is 1.82. The van der Waals surface area contributed by atoms with Crippen LogP contribution in [0.1, 0.15) is 31.2 Å². The quantitative estimate of drug-likeness (QED) is 0.756. The van der Waals surface area contributed by atoms with Crippen LogP contribution in [-0.4, -0.2) is 37.0 Å². The van der Waals surface area contributed by atoms with Crippen molar-refractivity contribution in [2.45, 2.75) is 25.7 Å². The molecule has 22 heavy (non-hydrogen) atoms. The first-order valence-corrected chi connectivity index (χ1v) is 8.64. The molecule has 1 heterocycles. The van der Waals surface area contributed by atoms with Crippen molar-refractivity contribution in [2.24, 2.45) is 0 Å². The monoisotopic (exact) mass is 322 g/mol. The van der Waals surface area contributed by atoms with Gasteiger partial charge in [-0.15, -0.1) is 0 Å². The lowest BCUT2D eigenvalue weighted by Crippen LogP contribution is -2.36. The summed E-state index contributed by atoms with van der Waals surface area (Å²) in [5.74, 6) is 2.01. The topological polar surface area (TPSA) is 67.4 Å². The van der Waals surface area contributed by atoms with Crippen molar-refractivity contribution in [3.63, 3.8) is 0 Å². The van der Waals surface area contributed by atoms with Crippen LogP contribution in [0.4, 0.5) is 5.69 Å². The molecule has 0 aromatic heterocycles. The van der Waals surface area contributed by atoms with E-state index < -0.39 is 5.92 Å². The molecular formula is C16H22N2O3S. The number of fused-ring (bicyclic) bond motifs is 1. The number of rotatable bonds is 7. The van der Waals surface area contributed by atoms with Crippen molar-refractivity contribution in [2.75, 3.05) is 30.5 Å². The number of thioether (sulfide) groups is 1. The highest BCUT2D eigenvalue weighted by Crippen LogP contribution is 2.34. The highest BCUT2D eigenvalue weighted by Gasteiger charge is 2.30. The number of carbonyl (C=O) groups is 2. The molecule has 1 aliphatic heterocycles. The predicted octanol–water partition coefficient (Wildman–Crippen LogP) is 2.38. The fourth-order valence-electron chi connectivity index (χ4n) is 2.42. The molecule has 0 aliphatic carbocycles. The van der Waals surface area contributed by atoms with Crippen LogP contribution in [0.5, 0.6) is 5.75 Å². The van der Waals surface area contributed by atoms with Crippen molar-refractivity contribution >= 4 is 29.3 Å². The SMILES string of the molecule is CCCSCCNC(=O)[C@@H]1CC(=O)Nc2ccc(OC)cc21. The van der Waals surface area contributed by atoms with Gasteiger partial charge in [0, 0.05) is 24.4 Å². The van der Waals surface area contributed by atoms with Gasteiger partial charge in [0.15, 0.2) is 0 Å². The number of amides is 2. The highest BCUT2D eigenvalue weighted by molar-refractivity contribution is 7.99. The maximum absolute atomic E-state index is 12.4. The van der Waals surface area contributed by atoms with Crippen molar-refractivity contribution in [3.8, 4) is 5.75 Å². The fourth-order valence-corrected chi connectivity index (χ4v) is 3.16. The molecule has 0 radical (unpaired) electrons. The molecule has 2 rings (SSSR count). The van der Waals surface area contributed by atoms with E-state index in [2.05, 4.69) is 17.6 Å². The molecule has 0 bridgehead atoms. The van der Waals surface area contributed by atoms with E-state index in [0.29, 0.717) is 18.0 Å². The van der Waals surface area contributed by atoms with Crippen LogP contribution in [0, 0.1) is 0 Å². The molecule has 1 aromatic carbocycles. The van der Waals surface area contributed by atoms with Gasteiger partial charge in [-0.1, -0.05) is 6.92 Å². The van der Waals surface area contributed by atoms with E-state index in [9.17, 15) is 9.59 Å². The third-order valence-electron chi connectivity index (χ3n) is 3.51. The molecule has 1 aliphatic rings. The molecule has 0 spiro atoms. The van der Waals surface area contributed by atoms with Gasteiger partial charge >= 0.3 is 0 Å². The fraction of sp³-hybridized carbons (Fsp3) is 0.500. The van der Waals surface area contributed by atoms with Gasteiger partial charge in [-0.3, -0.25) is 9.59 Å². The summed E-state index contributed by atoms with van der Waals surface area (Å²) in [6, 6.07) is 5.38. The van der Waals surface area contributed by atoms with Gasteiger partial charge in [0.25, 0.3) is 0 Å². The Hall–Kier alpha value is -1.69. The standard InChI is InChI=1S/C16H22N2O3S/c1-3-7-22-8-6-17-16(20)13-10-15(19)18-14-5-4-11(21-2)9-12(13)14/h4-5,9,13H,3,6-8,10H2,1-2H3,(H,17,20)(H,18,19)/t13-/m1/s1. The summed E-state index contributed by atoms with van der Waals surface area (Å²) in [5.41, 5.74) is 1.51. The van der Waals surface area contributed by atoms with Crippen LogP contribution in [-0.2, 0) is 9.59 Å². The third kappa shape index (κ3) is 4.16. The van der Waals surface area contributed by atoms with Crippen molar-refractivity contribution in [3.05, 3.63) is 23.8 Å². The summed E-state index contributed by atoms with van der Waals surface area (Å²) in [7, 11) is 1.59. The highest BCUT2D eigenvalue weighted by atomic mass is 32.2. The lowest BCUT2D eigenvalue weighted by Gasteiger charge is -2.25. The zero-order chi connectivity index (χ0) is 15.9. The van der Waals surface area contributed by atoms with Crippen LogP contribution in [0.25, 0.3) is 0 Å². The molecule has 2 N–H and O–H groups in total. The molecule has 1 aromatic rings. The number of nitrogens with one attached hydrogen (secondary N) is 2. The molecule has 5 nitrogen and oxygen atoms in total. The first-order chi connectivity index (χ1) is 10.7. The number of anilines is 1. The van der Waals surface area contributed by atoms with Crippen LogP contribution < -0.4 is 15.4 Å². The van der Waals surface area contributed by atoms with Crippen LogP contribution in [0.15, 0.2) is 18.2 Å². The molecule has 0 unspecified atom stereocenters. The lowest BCUT2D eigenvalue weighted by molar-refractivity contribution is -0.126.